The smallest absolute Gasteiger partial charge is 0.277 e. The van der Waals surface area contributed by atoms with E-state index in [4.69, 9.17) is 5.73 Å². The first kappa shape index (κ1) is 13.6. The summed E-state index contributed by atoms with van der Waals surface area (Å²) in [6.45, 7) is 1.34. The molecule has 0 saturated carbocycles. The van der Waals surface area contributed by atoms with Crippen LogP contribution in [-0.4, -0.2) is 11.8 Å². The molecule has 0 unspecified atom stereocenters. The van der Waals surface area contributed by atoms with E-state index < -0.39 is 0 Å². The maximum absolute atomic E-state index is 12.5. The van der Waals surface area contributed by atoms with Crippen LogP contribution in [0.15, 0.2) is 54.6 Å². The molecule has 0 spiro atoms. The molecule has 0 aliphatic rings. The van der Waals surface area contributed by atoms with Crippen molar-refractivity contribution in [3.8, 4) is 0 Å². The summed E-state index contributed by atoms with van der Waals surface area (Å²) in [5, 5.41) is 1.16. The second-order valence-corrected chi connectivity index (χ2v) is 4.23. The molecular weight excluding hydrogens is 254 g/mol. The van der Waals surface area contributed by atoms with Crippen molar-refractivity contribution in [2.24, 2.45) is 0 Å². The number of nitrogens with one attached hydrogen (secondary N) is 1. The highest BCUT2D eigenvalue weighted by molar-refractivity contribution is 6.08. The zero-order valence-corrected chi connectivity index (χ0v) is 11.0. The number of nitrogens with zero attached hydrogens (tertiary/aromatic N) is 1. The minimum absolute atomic E-state index is 0.348. The lowest BCUT2D eigenvalue weighted by Gasteiger charge is -2.24. The second-order valence-electron chi connectivity index (χ2n) is 4.23. The number of carbonyl (C=O) groups is 2. The molecule has 0 heterocycles. The molecule has 102 valence electrons. The summed E-state index contributed by atoms with van der Waals surface area (Å²) < 4.78 is 0. The maximum atomic E-state index is 12.5. The number of benzene rings is 2. The van der Waals surface area contributed by atoms with Gasteiger partial charge in [0.1, 0.15) is 0 Å². The Kier molecular flexibility index (Phi) is 4.00. The van der Waals surface area contributed by atoms with Crippen LogP contribution in [0.3, 0.4) is 0 Å². The van der Waals surface area contributed by atoms with Gasteiger partial charge in [0.15, 0.2) is 0 Å². The van der Waals surface area contributed by atoms with Crippen molar-refractivity contribution >= 4 is 23.2 Å². The maximum Gasteiger partial charge on any atom is 0.277 e. The Bertz CT molecular complexity index is 626. The van der Waals surface area contributed by atoms with E-state index in [0.717, 1.165) is 5.01 Å². The summed E-state index contributed by atoms with van der Waals surface area (Å²) in [5.74, 6) is -0.698. The largest absolute Gasteiger partial charge is 0.397 e. The molecule has 3 N–H and O–H groups in total. The van der Waals surface area contributed by atoms with Gasteiger partial charge in [0.25, 0.3) is 5.91 Å². The molecule has 0 fully saturated rings. The molecule has 0 aromatic heterocycles. The molecular formula is C15H15N3O2. The fraction of sp³-hybridized carbons (Fsp3) is 0.0667. The van der Waals surface area contributed by atoms with E-state index in [0.29, 0.717) is 16.9 Å². The molecule has 5 heteroatoms. The summed E-state index contributed by atoms with van der Waals surface area (Å²) in [6, 6.07) is 15.5. The zero-order chi connectivity index (χ0) is 14.5. The van der Waals surface area contributed by atoms with E-state index in [2.05, 4.69) is 5.43 Å². The van der Waals surface area contributed by atoms with E-state index in [1.807, 2.05) is 6.07 Å². The van der Waals surface area contributed by atoms with Gasteiger partial charge in [0.05, 0.1) is 11.4 Å². The van der Waals surface area contributed by atoms with E-state index in [-0.39, 0.29) is 11.8 Å². The SMILES string of the molecule is CC(=O)NN(C(=O)c1ccccc1)c1ccccc1N. The number of hydrogen-bond acceptors (Lipinski definition) is 3. The van der Waals surface area contributed by atoms with Crippen LogP contribution in [0.2, 0.25) is 0 Å². The van der Waals surface area contributed by atoms with E-state index >= 15 is 0 Å². The quantitative estimate of drug-likeness (QED) is 0.646. The Balaban J connectivity index is 2.41. The molecule has 0 aliphatic heterocycles. The summed E-state index contributed by atoms with van der Waals surface area (Å²) >= 11 is 0. The van der Waals surface area contributed by atoms with Gasteiger partial charge >= 0.3 is 0 Å². The highest BCUT2D eigenvalue weighted by Gasteiger charge is 2.20. The van der Waals surface area contributed by atoms with Crippen LogP contribution in [-0.2, 0) is 4.79 Å². The fourth-order valence-corrected chi connectivity index (χ4v) is 1.78. The minimum atomic E-state index is -0.350. The van der Waals surface area contributed by atoms with Gasteiger partial charge in [-0.1, -0.05) is 30.3 Å². The third-order valence-corrected chi connectivity index (χ3v) is 2.67. The van der Waals surface area contributed by atoms with Crippen molar-refractivity contribution < 1.29 is 9.59 Å². The van der Waals surface area contributed by atoms with Crippen LogP contribution in [0, 0.1) is 0 Å². The zero-order valence-electron chi connectivity index (χ0n) is 11.0. The van der Waals surface area contributed by atoms with Crippen molar-refractivity contribution in [3.63, 3.8) is 0 Å². The molecule has 0 saturated heterocycles. The Morgan fingerprint density at radius 3 is 2.20 bits per heavy atom. The normalized spacial score (nSPS) is 9.85. The van der Waals surface area contributed by atoms with Gasteiger partial charge in [-0.15, -0.1) is 0 Å². The van der Waals surface area contributed by atoms with Crippen LogP contribution < -0.4 is 16.2 Å². The molecule has 0 radical (unpaired) electrons. The van der Waals surface area contributed by atoms with Gasteiger partial charge in [-0.25, -0.2) is 5.01 Å². The third-order valence-electron chi connectivity index (χ3n) is 2.67. The summed E-state index contributed by atoms with van der Waals surface area (Å²) in [6.07, 6.45) is 0. The van der Waals surface area contributed by atoms with Gasteiger partial charge in [0.2, 0.25) is 5.91 Å². The molecule has 0 bridgehead atoms. The minimum Gasteiger partial charge on any atom is -0.397 e. The van der Waals surface area contributed by atoms with Crippen molar-refractivity contribution in [2.45, 2.75) is 6.92 Å². The van der Waals surface area contributed by atoms with Gasteiger partial charge in [-0.3, -0.25) is 15.0 Å². The highest BCUT2D eigenvalue weighted by Crippen LogP contribution is 2.22. The van der Waals surface area contributed by atoms with Crippen LogP contribution in [0.5, 0.6) is 0 Å². The van der Waals surface area contributed by atoms with Crippen LogP contribution in [0.4, 0.5) is 11.4 Å². The number of carbonyl (C=O) groups excluding carboxylic acids is 2. The number of rotatable bonds is 2. The van der Waals surface area contributed by atoms with Crippen LogP contribution >= 0.6 is 0 Å². The Morgan fingerprint density at radius 2 is 1.60 bits per heavy atom. The first-order valence-corrected chi connectivity index (χ1v) is 6.11. The lowest BCUT2D eigenvalue weighted by atomic mass is 10.2. The van der Waals surface area contributed by atoms with Gasteiger partial charge in [-0.05, 0) is 24.3 Å². The van der Waals surface area contributed by atoms with Gasteiger partial charge in [-0.2, -0.15) is 0 Å². The van der Waals surface area contributed by atoms with Gasteiger partial charge in [0, 0.05) is 12.5 Å². The molecule has 0 atom stereocenters. The highest BCUT2D eigenvalue weighted by atomic mass is 16.2. The predicted molar refractivity (Wildman–Crippen MR) is 77.9 cm³/mol. The number of hydrazine groups is 1. The van der Waals surface area contributed by atoms with Crippen LogP contribution in [0.25, 0.3) is 0 Å². The average Bonchev–Trinajstić information content (AvgIpc) is 2.46. The van der Waals surface area contributed by atoms with Crippen molar-refractivity contribution in [1.82, 2.24) is 5.43 Å². The number of hydrogen-bond donors (Lipinski definition) is 2. The van der Waals surface area contributed by atoms with Crippen molar-refractivity contribution in [1.29, 1.82) is 0 Å². The van der Waals surface area contributed by atoms with Gasteiger partial charge < -0.3 is 5.73 Å². The fourth-order valence-electron chi connectivity index (χ4n) is 1.78. The van der Waals surface area contributed by atoms with Crippen LogP contribution in [0.1, 0.15) is 17.3 Å². The lowest BCUT2D eigenvalue weighted by Crippen LogP contribution is -2.46. The van der Waals surface area contributed by atoms with E-state index in [1.165, 1.54) is 6.92 Å². The predicted octanol–water partition coefficient (Wildman–Crippen LogP) is 1.97. The van der Waals surface area contributed by atoms with E-state index in [1.54, 1.807) is 48.5 Å². The first-order chi connectivity index (χ1) is 9.59. The van der Waals surface area contributed by atoms with Crippen molar-refractivity contribution in [3.05, 3.63) is 60.2 Å². The summed E-state index contributed by atoms with van der Waals surface area (Å²) in [7, 11) is 0. The molecule has 2 amide bonds. The summed E-state index contributed by atoms with van der Waals surface area (Å²) in [4.78, 5) is 23.8. The standard InChI is InChI=1S/C15H15N3O2/c1-11(19)17-18(14-10-6-5-9-13(14)16)15(20)12-7-3-2-4-8-12/h2-10H,16H2,1H3,(H,17,19). The van der Waals surface area contributed by atoms with Crippen molar-refractivity contribution in [2.75, 3.05) is 10.7 Å². The molecule has 5 nitrogen and oxygen atoms in total. The Labute approximate surface area is 117 Å². The topological polar surface area (TPSA) is 75.4 Å². The molecule has 2 aromatic rings. The Morgan fingerprint density at radius 1 is 1.00 bits per heavy atom. The Hall–Kier alpha value is -2.82. The monoisotopic (exact) mass is 269 g/mol. The molecule has 20 heavy (non-hydrogen) atoms. The first-order valence-electron chi connectivity index (χ1n) is 6.11. The number of amides is 2. The molecule has 0 aliphatic carbocycles. The number of nitrogen functional groups attached to an aromatic ring is 1. The molecule has 2 rings (SSSR count). The average molecular weight is 269 g/mol. The number of nitrogens with two attached hydrogens (primary N) is 1. The second kappa shape index (κ2) is 5.88. The van der Waals surface area contributed by atoms with E-state index in [9.17, 15) is 9.59 Å². The number of para-hydroxylation sites is 2. The lowest BCUT2D eigenvalue weighted by molar-refractivity contribution is -0.119. The molecule has 2 aromatic carbocycles. The number of anilines is 2. The summed E-state index contributed by atoms with van der Waals surface area (Å²) in [5.41, 5.74) is 9.68. The third kappa shape index (κ3) is 2.95.